The molecule has 0 amide bonds. The van der Waals surface area contributed by atoms with E-state index in [1.54, 1.807) is 24.0 Å². The topological polar surface area (TPSA) is 58.9 Å². The number of benzene rings is 2. The Bertz CT molecular complexity index is 1450. The van der Waals surface area contributed by atoms with Gasteiger partial charge >= 0.3 is 0 Å². The van der Waals surface area contributed by atoms with Gasteiger partial charge in [-0.05, 0) is 85.6 Å². The molecule has 34 heavy (non-hydrogen) atoms. The molecule has 0 atom stereocenters. The third-order valence-corrected chi connectivity index (χ3v) is 6.35. The van der Waals surface area contributed by atoms with E-state index < -0.39 is 0 Å². The van der Waals surface area contributed by atoms with Crippen molar-refractivity contribution in [1.82, 2.24) is 15.0 Å². The van der Waals surface area contributed by atoms with Gasteiger partial charge in [-0.15, -0.1) is 0 Å². The number of nitrogens with zero attached hydrogens (tertiary/aromatic N) is 3. The molecule has 1 N–H and O–H groups in total. The smallest absolute Gasteiger partial charge is 0.124 e. The van der Waals surface area contributed by atoms with Gasteiger partial charge in [-0.2, -0.15) is 0 Å². The fourth-order valence-corrected chi connectivity index (χ4v) is 4.76. The normalized spacial score (nSPS) is 10.9. The molecule has 0 aliphatic carbocycles. The SMILES string of the molecule is Cc1cc(-c2cc(-c3cccc(Sc4ccccn4)c3)nc(-c3ccccc3O)c2)cc(C)n1. The van der Waals surface area contributed by atoms with Crippen molar-refractivity contribution >= 4 is 11.8 Å². The van der Waals surface area contributed by atoms with Crippen LogP contribution in [0.1, 0.15) is 11.4 Å². The lowest BCUT2D eigenvalue weighted by Gasteiger charge is -2.12. The lowest BCUT2D eigenvalue weighted by atomic mass is 9.99. The fraction of sp³-hybridized carbons (Fsp3) is 0.0690. The number of aromatic nitrogens is 3. The molecule has 0 saturated heterocycles. The summed E-state index contributed by atoms with van der Waals surface area (Å²) < 4.78 is 0. The zero-order chi connectivity index (χ0) is 23.5. The number of pyridine rings is 3. The molecule has 0 aliphatic heterocycles. The van der Waals surface area contributed by atoms with E-state index in [1.807, 2.05) is 62.4 Å². The van der Waals surface area contributed by atoms with Crippen LogP contribution in [0, 0.1) is 13.8 Å². The average molecular weight is 462 g/mol. The van der Waals surface area contributed by atoms with Crippen LogP contribution in [0.15, 0.2) is 107 Å². The van der Waals surface area contributed by atoms with Gasteiger partial charge in [-0.3, -0.25) is 4.98 Å². The van der Waals surface area contributed by atoms with Crippen LogP contribution < -0.4 is 0 Å². The van der Waals surface area contributed by atoms with Gasteiger partial charge in [0.05, 0.1) is 11.4 Å². The van der Waals surface area contributed by atoms with Gasteiger partial charge in [0.2, 0.25) is 0 Å². The van der Waals surface area contributed by atoms with E-state index in [0.29, 0.717) is 5.56 Å². The van der Waals surface area contributed by atoms with E-state index in [-0.39, 0.29) is 5.75 Å². The predicted octanol–water partition coefficient (Wildman–Crippen LogP) is 7.35. The van der Waals surface area contributed by atoms with Gasteiger partial charge < -0.3 is 5.11 Å². The van der Waals surface area contributed by atoms with Crippen LogP contribution in [0.25, 0.3) is 33.6 Å². The molecule has 5 heteroatoms. The van der Waals surface area contributed by atoms with Crippen LogP contribution in [-0.2, 0) is 0 Å². The summed E-state index contributed by atoms with van der Waals surface area (Å²) in [6.45, 7) is 4.00. The highest BCUT2D eigenvalue weighted by molar-refractivity contribution is 7.99. The van der Waals surface area contributed by atoms with Crippen LogP contribution in [0.3, 0.4) is 0 Å². The minimum absolute atomic E-state index is 0.208. The first kappa shape index (κ1) is 21.9. The van der Waals surface area contributed by atoms with Crippen LogP contribution in [0.2, 0.25) is 0 Å². The van der Waals surface area contributed by atoms with Crippen molar-refractivity contribution in [2.24, 2.45) is 0 Å². The third-order valence-electron chi connectivity index (χ3n) is 5.41. The molecule has 0 fully saturated rings. The summed E-state index contributed by atoms with van der Waals surface area (Å²) in [5.41, 5.74) is 7.29. The number of aromatic hydroxyl groups is 1. The van der Waals surface area contributed by atoms with Gasteiger partial charge in [-0.1, -0.05) is 42.1 Å². The molecule has 0 saturated carbocycles. The van der Waals surface area contributed by atoms with E-state index in [4.69, 9.17) is 4.98 Å². The third kappa shape index (κ3) is 4.85. The summed E-state index contributed by atoms with van der Waals surface area (Å²) in [7, 11) is 0. The summed E-state index contributed by atoms with van der Waals surface area (Å²) in [5.74, 6) is 0.208. The first-order valence-corrected chi connectivity index (χ1v) is 11.8. The molecule has 0 spiro atoms. The van der Waals surface area contributed by atoms with Crippen molar-refractivity contribution < 1.29 is 5.11 Å². The lowest BCUT2D eigenvalue weighted by molar-refractivity contribution is 0.477. The van der Waals surface area contributed by atoms with Gasteiger partial charge in [0.15, 0.2) is 0 Å². The van der Waals surface area contributed by atoms with Gasteiger partial charge in [0, 0.05) is 33.6 Å². The number of hydrogen-bond donors (Lipinski definition) is 1. The molecule has 2 aromatic carbocycles. The Labute approximate surface area is 203 Å². The molecular formula is C29H23N3OS. The van der Waals surface area contributed by atoms with Gasteiger partial charge in [0.25, 0.3) is 0 Å². The summed E-state index contributed by atoms with van der Waals surface area (Å²) in [5, 5.41) is 11.5. The summed E-state index contributed by atoms with van der Waals surface area (Å²) in [4.78, 5) is 15.0. The van der Waals surface area contributed by atoms with Crippen molar-refractivity contribution in [2.75, 3.05) is 0 Å². The molecule has 4 nitrogen and oxygen atoms in total. The van der Waals surface area contributed by atoms with Crippen LogP contribution in [-0.4, -0.2) is 20.1 Å². The van der Waals surface area contributed by atoms with Crippen LogP contribution >= 0.6 is 11.8 Å². The number of phenolic OH excluding ortho intramolecular Hbond substituents is 1. The minimum Gasteiger partial charge on any atom is -0.507 e. The number of para-hydroxylation sites is 1. The van der Waals surface area contributed by atoms with Gasteiger partial charge in [-0.25, -0.2) is 9.97 Å². The average Bonchev–Trinajstić information content (AvgIpc) is 2.84. The van der Waals surface area contributed by atoms with Crippen molar-refractivity contribution in [3.05, 3.63) is 109 Å². The van der Waals surface area contributed by atoms with E-state index in [1.165, 1.54) is 0 Å². The Morgan fingerprint density at radius 3 is 2.15 bits per heavy atom. The van der Waals surface area contributed by atoms with Crippen molar-refractivity contribution in [3.63, 3.8) is 0 Å². The first-order valence-electron chi connectivity index (χ1n) is 11.0. The van der Waals surface area contributed by atoms with Crippen LogP contribution in [0.5, 0.6) is 5.75 Å². The maximum absolute atomic E-state index is 10.5. The molecule has 0 unspecified atom stereocenters. The largest absolute Gasteiger partial charge is 0.507 e. The maximum atomic E-state index is 10.5. The summed E-state index contributed by atoms with van der Waals surface area (Å²) in [6.07, 6.45) is 1.80. The van der Waals surface area contributed by atoms with Crippen molar-refractivity contribution in [1.29, 1.82) is 0 Å². The second-order valence-corrected chi connectivity index (χ2v) is 9.17. The Morgan fingerprint density at radius 1 is 0.647 bits per heavy atom. The number of aryl methyl sites for hydroxylation is 2. The molecule has 3 heterocycles. The Kier molecular flexibility index (Phi) is 6.11. The van der Waals surface area contributed by atoms with E-state index in [9.17, 15) is 5.11 Å². The summed E-state index contributed by atoms with van der Waals surface area (Å²) >= 11 is 1.62. The molecule has 0 radical (unpaired) electrons. The molecule has 0 aliphatic rings. The molecule has 5 aromatic rings. The highest BCUT2D eigenvalue weighted by Gasteiger charge is 2.13. The molecule has 5 rings (SSSR count). The van der Waals surface area contributed by atoms with Crippen LogP contribution in [0.4, 0.5) is 0 Å². The zero-order valence-electron chi connectivity index (χ0n) is 18.9. The Balaban J connectivity index is 1.64. The number of phenols is 1. The fourth-order valence-electron chi connectivity index (χ4n) is 3.92. The standard InChI is InChI=1S/C29H23N3OS/c1-19-14-22(15-20(2)31-19)23-17-26(32-27(18-23)25-10-3-4-11-28(25)33)21-8-7-9-24(16-21)34-29-12-5-6-13-30-29/h3-18,33H,1-2H3. The minimum atomic E-state index is 0.208. The van der Waals surface area contributed by atoms with Gasteiger partial charge in [0.1, 0.15) is 10.8 Å². The maximum Gasteiger partial charge on any atom is 0.124 e. The Morgan fingerprint density at radius 2 is 1.38 bits per heavy atom. The quantitative estimate of drug-likeness (QED) is 0.297. The molecular weight excluding hydrogens is 438 g/mol. The molecule has 166 valence electrons. The second-order valence-electron chi connectivity index (χ2n) is 8.08. The summed E-state index contributed by atoms with van der Waals surface area (Å²) in [6, 6.07) is 29.8. The Hall–Kier alpha value is -3.96. The molecule has 0 bridgehead atoms. The van der Waals surface area contributed by atoms with Crippen molar-refractivity contribution in [2.45, 2.75) is 23.8 Å². The highest BCUT2D eigenvalue weighted by Crippen LogP contribution is 2.35. The predicted molar refractivity (Wildman–Crippen MR) is 138 cm³/mol. The zero-order valence-corrected chi connectivity index (χ0v) is 19.8. The number of rotatable bonds is 5. The first-order chi connectivity index (χ1) is 16.5. The van der Waals surface area contributed by atoms with E-state index in [2.05, 4.69) is 46.4 Å². The van der Waals surface area contributed by atoms with E-state index >= 15 is 0 Å². The number of hydrogen-bond acceptors (Lipinski definition) is 5. The van der Waals surface area contributed by atoms with Crippen molar-refractivity contribution in [3.8, 4) is 39.4 Å². The monoisotopic (exact) mass is 461 g/mol. The highest BCUT2D eigenvalue weighted by atomic mass is 32.2. The molecule has 3 aromatic heterocycles. The van der Waals surface area contributed by atoms with E-state index in [0.717, 1.165) is 49.4 Å². The second kappa shape index (κ2) is 9.49. The lowest BCUT2D eigenvalue weighted by Crippen LogP contribution is -1.93.